The number of hydrogen-bond acceptors (Lipinski definition) is 5. The van der Waals surface area contributed by atoms with Gasteiger partial charge in [0.05, 0.1) is 38.8 Å². The van der Waals surface area contributed by atoms with E-state index in [2.05, 4.69) is 144 Å². The number of benzene rings is 8. The van der Waals surface area contributed by atoms with Crippen LogP contribution in [0.25, 0.3) is 112 Å². The largest absolute Gasteiger partial charge is 0.308 e. The van der Waals surface area contributed by atoms with Crippen LogP contribution in [0.5, 0.6) is 0 Å². The molecule has 0 bridgehead atoms. The van der Waals surface area contributed by atoms with Crippen LogP contribution in [0.2, 0.25) is 0 Å². The standard InChI is InChI=1S/C49H26N4S2/c50-27-28-20-22-30(23-21-28)43-44(52-49-45(51-43)37-17-6-8-19-40(37)54-49)31-11-9-12-32(26-31)53-39-18-7-5-16-36(39)41-34-14-3-4-15-35(34)42-38-25-24-29-10-1-2-13-33(29)47(38)55-48(42)46(41)53/h1-26H. The van der Waals surface area contributed by atoms with Gasteiger partial charge in [-0.05, 0) is 57.9 Å². The van der Waals surface area contributed by atoms with Crippen LogP contribution in [0, 0.1) is 11.3 Å². The van der Waals surface area contributed by atoms with Gasteiger partial charge >= 0.3 is 0 Å². The van der Waals surface area contributed by atoms with Crippen LogP contribution < -0.4 is 0 Å². The number of thiophene rings is 2. The molecular formula is C49H26N4S2. The lowest BCUT2D eigenvalue weighted by atomic mass is 9.98. The van der Waals surface area contributed by atoms with Crippen molar-refractivity contribution in [2.45, 2.75) is 0 Å². The smallest absolute Gasteiger partial charge is 0.143 e. The Hall–Kier alpha value is -6.91. The molecular weight excluding hydrogens is 709 g/mol. The maximum Gasteiger partial charge on any atom is 0.143 e. The summed E-state index contributed by atoms with van der Waals surface area (Å²) in [6.45, 7) is 0. The Morgan fingerprint density at radius 1 is 0.509 bits per heavy atom. The monoisotopic (exact) mass is 734 g/mol. The molecule has 12 rings (SSSR count). The quantitative estimate of drug-likeness (QED) is 0.182. The minimum atomic E-state index is 0.613. The van der Waals surface area contributed by atoms with E-state index in [1.54, 1.807) is 11.3 Å². The molecule has 0 radical (unpaired) electrons. The van der Waals surface area contributed by atoms with Crippen molar-refractivity contribution in [3.05, 3.63) is 163 Å². The van der Waals surface area contributed by atoms with Crippen LogP contribution in [0.3, 0.4) is 0 Å². The van der Waals surface area contributed by atoms with Gasteiger partial charge in [-0.1, -0.05) is 121 Å². The Morgan fingerprint density at radius 2 is 1.22 bits per heavy atom. The Labute approximate surface area is 322 Å². The van der Waals surface area contributed by atoms with E-state index in [9.17, 15) is 5.26 Å². The van der Waals surface area contributed by atoms with Crippen molar-refractivity contribution in [2.24, 2.45) is 0 Å². The van der Waals surface area contributed by atoms with Crippen LogP contribution in [0.4, 0.5) is 0 Å². The minimum Gasteiger partial charge on any atom is -0.308 e. The number of rotatable bonds is 3. The van der Waals surface area contributed by atoms with Gasteiger partial charge in [0.1, 0.15) is 10.3 Å². The molecule has 0 saturated carbocycles. The molecule has 0 saturated heterocycles. The van der Waals surface area contributed by atoms with E-state index in [0.29, 0.717) is 5.56 Å². The molecule has 0 amide bonds. The third-order valence-corrected chi connectivity index (χ3v) is 13.3. The van der Waals surface area contributed by atoms with Crippen molar-refractivity contribution in [1.82, 2.24) is 14.5 Å². The van der Waals surface area contributed by atoms with E-state index in [-0.39, 0.29) is 0 Å². The fraction of sp³-hybridized carbons (Fsp3) is 0. The normalized spacial score (nSPS) is 12.0. The Morgan fingerprint density at radius 3 is 2.05 bits per heavy atom. The van der Waals surface area contributed by atoms with E-state index >= 15 is 0 Å². The summed E-state index contributed by atoms with van der Waals surface area (Å²) in [7, 11) is 0. The summed E-state index contributed by atoms with van der Waals surface area (Å²) in [5.41, 5.74) is 8.46. The minimum absolute atomic E-state index is 0.613. The maximum atomic E-state index is 9.57. The van der Waals surface area contributed by atoms with Crippen molar-refractivity contribution in [1.29, 1.82) is 5.26 Å². The molecule has 0 spiro atoms. The van der Waals surface area contributed by atoms with E-state index in [1.807, 2.05) is 35.6 Å². The van der Waals surface area contributed by atoms with Gasteiger partial charge in [0.25, 0.3) is 0 Å². The number of nitriles is 1. The topological polar surface area (TPSA) is 54.5 Å². The number of hydrogen-bond donors (Lipinski definition) is 0. The van der Waals surface area contributed by atoms with E-state index < -0.39 is 0 Å². The molecule has 0 unspecified atom stereocenters. The summed E-state index contributed by atoms with van der Waals surface area (Å²) in [4.78, 5) is 11.6. The average molecular weight is 735 g/mol. The third kappa shape index (κ3) is 4.37. The molecule has 0 fully saturated rings. The van der Waals surface area contributed by atoms with Crippen molar-refractivity contribution in [3.63, 3.8) is 0 Å². The van der Waals surface area contributed by atoms with Crippen molar-refractivity contribution in [2.75, 3.05) is 0 Å². The zero-order valence-electron chi connectivity index (χ0n) is 29.1. The number of aromatic nitrogens is 3. The van der Waals surface area contributed by atoms with Crippen LogP contribution in [0.1, 0.15) is 5.56 Å². The van der Waals surface area contributed by atoms with E-state index in [1.165, 1.54) is 58.0 Å². The molecule has 4 heterocycles. The highest BCUT2D eigenvalue weighted by Gasteiger charge is 2.23. The van der Waals surface area contributed by atoms with Gasteiger partial charge in [-0.2, -0.15) is 5.26 Å². The molecule has 4 nitrogen and oxygen atoms in total. The number of nitrogens with zero attached hydrogens (tertiary/aromatic N) is 4. The number of fused-ring (bicyclic) bond motifs is 15. The lowest BCUT2D eigenvalue weighted by molar-refractivity contribution is 1.19. The first-order valence-corrected chi connectivity index (χ1v) is 19.9. The maximum absolute atomic E-state index is 9.57. The van der Waals surface area contributed by atoms with Crippen molar-refractivity contribution < 1.29 is 0 Å². The molecule has 0 atom stereocenters. The second-order valence-corrected chi connectivity index (χ2v) is 16.1. The fourth-order valence-corrected chi connectivity index (χ4v) is 11.0. The average Bonchev–Trinajstić information content (AvgIpc) is 3.93. The predicted octanol–water partition coefficient (Wildman–Crippen LogP) is 13.8. The van der Waals surface area contributed by atoms with Crippen molar-refractivity contribution in [3.8, 4) is 34.3 Å². The Kier molecular flexibility index (Phi) is 6.41. The first-order chi connectivity index (χ1) is 27.2. The second-order valence-electron chi connectivity index (χ2n) is 14.0. The molecule has 0 aliphatic carbocycles. The second kappa shape index (κ2) is 11.5. The first-order valence-electron chi connectivity index (χ1n) is 18.2. The lowest BCUT2D eigenvalue weighted by Crippen LogP contribution is -1.97. The Bertz CT molecular complexity index is 3620. The van der Waals surface area contributed by atoms with Gasteiger partial charge in [0, 0.05) is 53.1 Å². The van der Waals surface area contributed by atoms with Gasteiger partial charge in [0.15, 0.2) is 0 Å². The highest BCUT2D eigenvalue weighted by atomic mass is 32.1. The van der Waals surface area contributed by atoms with Gasteiger partial charge in [-0.15, -0.1) is 22.7 Å². The summed E-state index contributed by atoms with van der Waals surface area (Å²) in [6, 6.07) is 58.1. The predicted molar refractivity (Wildman–Crippen MR) is 233 cm³/mol. The molecule has 254 valence electrons. The van der Waals surface area contributed by atoms with Gasteiger partial charge < -0.3 is 4.57 Å². The molecule has 0 N–H and O–H groups in total. The van der Waals surface area contributed by atoms with Gasteiger partial charge in [0.2, 0.25) is 0 Å². The molecule has 4 aromatic heterocycles. The summed E-state index contributed by atoms with van der Waals surface area (Å²) in [5, 5.41) is 20.8. The summed E-state index contributed by atoms with van der Waals surface area (Å²) < 4.78 is 6.22. The molecule has 0 aliphatic heterocycles. The van der Waals surface area contributed by atoms with Crippen LogP contribution in [-0.2, 0) is 0 Å². The van der Waals surface area contributed by atoms with Crippen LogP contribution in [-0.4, -0.2) is 14.5 Å². The third-order valence-electron chi connectivity index (χ3n) is 11.0. The molecule has 6 heteroatoms. The number of para-hydroxylation sites is 1. The molecule has 8 aromatic carbocycles. The van der Waals surface area contributed by atoms with E-state index in [4.69, 9.17) is 9.97 Å². The highest BCUT2D eigenvalue weighted by molar-refractivity contribution is 7.27. The summed E-state index contributed by atoms with van der Waals surface area (Å²) >= 11 is 3.57. The summed E-state index contributed by atoms with van der Waals surface area (Å²) in [5.74, 6) is 0. The van der Waals surface area contributed by atoms with Crippen LogP contribution >= 0.6 is 22.7 Å². The van der Waals surface area contributed by atoms with Gasteiger partial charge in [-0.25, -0.2) is 9.97 Å². The lowest BCUT2D eigenvalue weighted by Gasteiger charge is -2.13. The Balaban J connectivity index is 1.19. The first kappa shape index (κ1) is 30.5. The van der Waals surface area contributed by atoms with Crippen molar-refractivity contribution >= 4 is 107 Å². The van der Waals surface area contributed by atoms with Gasteiger partial charge in [-0.3, -0.25) is 0 Å². The van der Waals surface area contributed by atoms with E-state index in [0.717, 1.165) is 54.2 Å². The molecule has 0 aliphatic rings. The fourth-order valence-electron chi connectivity index (χ4n) is 8.59. The molecule has 12 aromatic rings. The molecule has 55 heavy (non-hydrogen) atoms. The van der Waals surface area contributed by atoms with Crippen LogP contribution in [0.15, 0.2) is 158 Å². The summed E-state index contributed by atoms with van der Waals surface area (Å²) in [6.07, 6.45) is 0. The highest BCUT2D eigenvalue weighted by Crippen LogP contribution is 2.49. The zero-order chi connectivity index (χ0) is 36.2. The zero-order valence-corrected chi connectivity index (χ0v) is 30.7. The SMILES string of the molecule is N#Cc1ccc(-c2nc3c(nc2-c2cccc(-n4c5ccccc5c5c6ccccc6c6c7ccc8ccccc8c7sc6c54)c2)sc2ccccc23)cc1.